The van der Waals surface area contributed by atoms with Gasteiger partial charge in [-0.2, -0.15) is 0 Å². The number of carbonyl (C=O) groups excluding carboxylic acids is 1. The number of hydrogen-bond donors (Lipinski definition) is 1. The number of piperidine rings is 1. The van der Waals surface area contributed by atoms with E-state index in [1.165, 1.54) is 5.56 Å². The van der Waals surface area contributed by atoms with Gasteiger partial charge in [-0.15, -0.1) is 0 Å². The van der Waals surface area contributed by atoms with Crippen molar-refractivity contribution in [3.8, 4) is 0 Å². The highest BCUT2D eigenvalue weighted by molar-refractivity contribution is 6.31. The lowest BCUT2D eigenvalue weighted by atomic mass is 9.74. The van der Waals surface area contributed by atoms with E-state index in [9.17, 15) is 4.79 Å². The van der Waals surface area contributed by atoms with Gasteiger partial charge in [-0.3, -0.25) is 9.69 Å². The van der Waals surface area contributed by atoms with E-state index < -0.39 is 0 Å². The van der Waals surface area contributed by atoms with Crippen LogP contribution in [0.4, 0.5) is 0 Å². The zero-order valence-corrected chi connectivity index (χ0v) is 18.2. The minimum Gasteiger partial charge on any atom is -0.381 e. The monoisotopic (exact) mass is 426 g/mol. The maximum absolute atomic E-state index is 13.1. The second-order valence-corrected chi connectivity index (χ2v) is 9.05. The van der Waals surface area contributed by atoms with Crippen LogP contribution in [-0.4, -0.2) is 43.7 Å². The minimum absolute atomic E-state index is 0.0267. The molecule has 0 radical (unpaired) electrons. The van der Waals surface area contributed by atoms with Gasteiger partial charge >= 0.3 is 0 Å². The van der Waals surface area contributed by atoms with Gasteiger partial charge in [-0.25, -0.2) is 0 Å². The van der Waals surface area contributed by atoms with Gasteiger partial charge in [0.25, 0.3) is 0 Å². The van der Waals surface area contributed by atoms with Crippen molar-refractivity contribution in [2.45, 2.75) is 37.6 Å². The lowest BCUT2D eigenvalue weighted by molar-refractivity contribution is -0.127. The first kappa shape index (κ1) is 21.4. The zero-order chi connectivity index (χ0) is 20.8. The van der Waals surface area contributed by atoms with Gasteiger partial charge in [0.1, 0.15) is 0 Å². The van der Waals surface area contributed by atoms with Crippen LogP contribution in [0.3, 0.4) is 0 Å². The number of ether oxygens (including phenoxy) is 1. The highest BCUT2D eigenvalue weighted by Crippen LogP contribution is 2.34. The van der Waals surface area contributed by atoms with Crippen LogP contribution in [0.25, 0.3) is 0 Å². The van der Waals surface area contributed by atoms with Crippen molar-refractivity contribution in [1.29, 1.82) is 0 Å². The van der Waals surface area contributed by atoms with Crippen LogP contribution in [0.1, 0.15) is 36.8 Å². The molecule has 0 aliphatic carbocycles. The maximum Gasteiger partial charge on any atom is 0.224 e. The van der Waals surface area contributed by atoms with Crippen molar-refractivity contribution in [1.82, 2.24) is 10.2 Å². The Labute approximate surface area is 184 Å². The molecule has 1 unspecified atom stereocenters. The fourth-order valence-electron chi connectivity index (χ4n) is 4.80. The van der Waals surface area contributed by atoms with Crippen LogP contribution in [0.15, 0.2) is 54.6 Å². The smallest absolute Gasteiger partial charge is 0.224 e. The minimum atomic E-state index is -0.0267. The summed E-state index contributed by atoms with van der Waals surface area (Å²) in [5, 5.41) is 4.11. The number of benzene rings is 2. The molecule has 2 aromatic rings. The molecule has 2 saturated heterocycles. The molecule has 4 nitrogen and oxygen atoms in total. The van der Waals surface area contributed by atoms with Gasteiger partial charge in [0.05, 0.1) is 5.92 Å². The van der Waals surface area contributed by atoms with E-state index in [2.05, 4.69) is 40.5 Å². The van der Waals surface area contributed by atoms with Crippen LogP contribution >= 0.6 is 11.6 Å². The van der Waals surface area contributed by atoms with E-state index in [4.69, 9.17) is 16.3 Å². The topological polar surface area (TPSA) is 41.6 Å². The number of amides is 1. The molecule has 0 aromatic heterocycles. The Morgan fingerprint density at radius 2 is 1.83 bits per heavy atom. The normalized spacial score (nSPS) is 21.8. The van der Waals surface area contributed by atoms with Crippen LogP contribution in [0.5, 0.6) is 0 Å². The van der Waals surface area contributed by atoms with Gasteiger partial charge in [0.15, 0.2) is 0 Å². The Kier molecular flexibility index (Phi) is 7.08. The summed E-state index contributed by atoms with van der Waals surface area (Å²) in [5.74, 6) is 0.217. The first-order valence-corrected chi connectivity index (χ1v) is 11.4. The first-order chi connectivity index (χ1) is 14.7. The summed E-state index contributed by atoms with van der Waals surface area (Å²) in [6.45, 7) is 4.79. The second-order valence-electron chi connectivity index (χ2n) is 8.64. The van der Waals surface area contributed by atoms with E-state index in [0.717, 1.165) is 69.1 Å². The number of halogens is 1. The lowest BCUT2D eigenvalue weighted by Gasteiger charge is -2.39. The molecule has 0 spiro atoms. The molecule has 2 heterocycles. The van der Waals surface area contributed by atoms with Gasteiger partial charge in [-0.1, -0.05) is 60.1 Å². The Morgan fingerprint density at radius 1 is 1.10 bits per heavy atom. The third-order valence-electron chi connectivity index (χ3n) is 6.67. The summed E-state index contributed by atoms with van der Waals surface area (Å²) in [4.78, 5) is 15.4. The SMILES string of the molecule is O=C(NCC1(c2ccccc2)CCOCC1)C1CCCN(Cc2ccccc2Cl)C1. The lowest BCUT2D eigenvalue weighted by Crippen LogP contribution is -2.48. The third-order valence-corrected chi connectivity index (χ3v) is 7.03. The molecule has 30 heavy (non-hydrogen) atoms. The van der Waals surface area contributed by atoms with Gasteiger partial charge in [0, 0.05) is 43.3 Å². The standard InChI is InChI=1S/C25H31ClN2O2/c26-23-11-5-4-7-20(23)17-28-14-6-8-21(18-28)24(29)27-19-25(12-15-30-16-13-25)22-9-2-1-3-10-22/h1-5,7,9-11,21H,6,8,12-19H2,(H,27,29). The largest absolute Gasteiger partial charge is 0.381 e. The van der Waals surface area contributed by atoms with Gasteiger partial charge in [-0.05, 0) is 49.4 Å². The summed E-state index contributed by atoms with van der Waals surface area (Å²) in [6.07, 6.45) is 3.88. The first-order valence-electron chi connectivity index (χ1n) is 11.0. The molecule has 4 rings (SSSR count). The average molecular weight is 427 g/mol. The summed E-state index contributed by atoms with van der Waals surface area (Å²) >= 11 is 6.34. The number of carbonyl (C=O) groups is 1. The molecule has 2 aliphatic rings. The van der Waals surface area contributed by atoms with Gasteiger partial charge < -0.3 is 10.1 Å². The molecule has 2 aliphatic heterocycles. The average Bonchev–Trinajstić information content (AvgIpc) is 2.80. The summed E-state index contributed by atoms with van der Waals surface area (Å²) < 4.78 is 5.62. The van der Waals surface area contributed by atoms with E-state index in [0.29, 0.717) is 6.54 Å². The molecule has 2 aromatic carbocycles. The summed E-state index contributed by atoms with van der Waals surface area (Å²) in [6, 6.07) is 18.6. The zero-order valence-electron chi connectivity index (χ0n) is 17.5. The Bertz CT molecular complexity index is 836. The highest BCUT2D eigenvalue weighted by Gasteiger charge is 2.36. The third kappa shape index (κ3) is 5.05. The Hall–Kier alpha value is -1.88. The van der Waals surface area contributed by atoms with Crippen LogP contribution in [0, 0.1) is 5.92 Å². The molecular weight excluding hydrogens is 396 g/mol. The maximum atomic E-state index is 13.1. The molecule has 0 saturated carbocycles. The quantitative estimate of drug-likeness (QED) is 0.743. The predicted molar refractivity (Wildman–Crippen MR) is 121 cm³/mol. The number of nitrogens with zero attached hydrogens (tertiary/aromatic N) is 1. The number of likely N-dealkylation sites (tertiary alicyclic amines) is 1. The second kappa shape index (κ2) is 9.95. The summed E-state index contributed by atoms with van der Waals surface area (Å²) in [5.41, 5.74) is 2.41. The molecule has 0 bridgehead atoms. The van der Waals surface area contributed by atoms with Crippen LogP contribution < -0.4 is 5.32 Å². The predicted octanol–water partition coefficient (Wildman–Crippen LogP) is 4.42. The van der Waals surface area contributed by atoms with E-state index in [1.54, 1.807) is 0 Å². The molecular formula is C25H31ClN2O2. The van der Waals surface area contributed by atoms with Crippen molar-refractivity contribution >= 4 is 17.5 Å². The van der Waals surface area contributed by atoms with Crippen LogP contribution in [0.2, 0.25) is 5.02 Å². The van der Waals surface area contributed by atoms with Crippen molar-refractivity contribution in [3.63, 3.8) is 0 Å². The molecule has 1 amide bonds. The van der Waals surface area contributed by atoms with Crippen molar-refractivity contribution in [3.05, 3.63) is 70.7 Å². The Morgan fingerprint density at radius 3 is 2.60 bits per heavy atom. The summed E-state index contributed by atoms with van der Waals surface area (Å²) in [7, 11) is 0. The fraction of sp³-hybridized carbons (Fsp3) is 0.480. The molecule has 160 valence electrons. The number of rotatable bonds is 6. The molecule has 1 N–H and O–H groups in total. The van der Waals surface area contributed by atoms with E-state index in [1.807, 2.05) is 24.3 Å². The van der Waals surface area contributed by atoms with Crippen molar-refractivity contribution in [2.24, 2.45) is 5.92 Å². The van der Waals surface area contributed by atoms with Crippen molar-refractivity contribution < 1.29 is 9.53 Å². The number of nitrogens with one attached hydrogen (secondary N) is 1. The molecule has 1 atom stereocenters. The van der Waals surface area contributed by atoms with Crippen molar-refractivity contribution in [2.75, 3.05) is 32.8 Å². The molecule has 5 heteroatoms. The van der Waals surface area contributed by atoms with E-state index >= 15 is 0 Å². The highest BCUT2D eigenvalue weighted by atomic mass is 35.5. The molecule has 2 fully saturated rings. The van der Waals surface area contributed by atoms with E-state index in [-0.39, 0.29) is 17.2 Å². The fourth-order valence-corrected chi connectivity index (χ4v) is 5.00. The van der Waals surface area contributed by atoms with Crippen LogP contribution in [-0.2, 0) is 21.5 Å². The van der Waals surface area contributed by atoms with Gasteiger partial charge in [0.2, 0.25) is 5.91 Å². The number of hydrogen-bond acceptors (Lipinski definition) is 3. The Balaban J connectivity index is 1.37.